The third kappa shape index (κ3) is 4.03. The van der Waals surface area contributed by atoms with Crippen LogP contribution >= 0.6 is 11.3 Å². The summed E-state index contributed by atoms with van der Waals surface area (Å²) in [7, 11) is 3.30. The number of fused-ring (bicyclic) bond motifs is 1. The molecule has 1 fully saturated rings. The van der Waals surface area contributed by atoms with E-state index in [0.29, 0.717) is 17.1 Å². The Bertz CT molecular complexity index is 979. The molecule has 2 aromatic rings. The number of aryl methyl sites for hydroxylation is 1. The maximum absolute atomic E-state index is 12.9. The summed E-state index contributed by atoms with van der Waals surface area (Å²) < 4.78 is 10.9. The number of hydrogen-bond acceptors (Lipinski definition) is 6. The fourth-order valence-electron chi connectivity index (χ4n) is 4.58. The van der Waals surface area contributed by atoms with Crippen LogP contribution in [0.4, 0.5) is 5.00 Å². The number of methoxy groups -OCH3 is 2. The van der Waals surface area contributed by atoms with Crippen molar-refractivity contribution in [2.45, 2.75) is 44.6 Å². The molecule has 1 aromatic heterocycles. The van der Waals surface area contributed by atoms with Crippen LogP contribution in [0, 0.1) is 11.3 Å². The van der Waals surface area contributed by atoms with Crippen LogP contribution in [0.5, 0.6) is 11.5 Å². The number of thiophene rings is 1. The van der Waals surface area contributed by atoms with Crippen LogP contribution in [-0.2, 0) is 17.6 Å². The van der Waals surface area contributed by atoms with E-state index in [1.165, 1.54) is 4.88 Å². The quantitative estimate of drug-likeness (QED) is 0.747. The van der Waals surface area contributed by atoms with Crippen LogP contribution in [0.25, 0.3) is 0 Å². The van der Waals surface area contributed by atoms with Gasteiger partial charge in [0.05, 0.1) is 26.3 Å². The van der Waals surface area contributed by atoms with Gasteiger partial charge < -0.3 is 14.8 Å². The standard InChI is InChI=1S/C23H27N3O3S/c1-28-15-9-10-17(20(12-15)29-2)19-7-5-11-26(19)14-22(27)25-23-18(13-24)16-6-3-4-8-21(16)30-23/h9-10,12,19H,3-8,11,14H2,1-2H3,(H,25,27)/t19-/m0/s1. The summed E-state index contributed by atoms with van der Waals surface area (Å²) >= 11 is 1.57. The van der Waals surface area contributed by atoms with Crippen molar-refractivity contribution >= 4 is 22.2 Å². The normalized spacial score (nSPS) is 18.5. The SMILES string of the molecule is COc1ccc([C@@H]2CCCN2CC(=O)Nc2sc3c(c2C#N)CCCC3)c(OC)c1. The van der Waals surface area contributed by atoms with Crippen molar-refractivity contribution in [3.8, 4) is 17.6 Å². The summed E-state index contributed by atoms with van der Waals surface area (Å²) in [5, 5.41) is 13.4. The molecule has 1 aromatic carbocycles. The zero-order valence-corrected chi connectivity index (χ0v) is 18.3. The first kappa shape index (κ1) is 20.7. The number of likely N-dealkylation sites (tertiary alicyclic amines) is 1. The average Bonchev–Trinajstić information content (AvgIpc) is 3.36. The van der Waals surface area contributed by atoms with Crippen molar-refractivity contribution in [3.63, 3.8) is 0 Å². The zero-order valence-electron chi connectivity index (χ0n) is 17.5. The van der Waals surface area contributed by atoms with Crippen LogP contribution in [-0.4, -0.2) is 38.1 Å². The van der Waals surface area contributed by atoms with Gasteiger partial charge in [0, 0.05) is 22.5 Å². The highest BCUT2D eigenvalue weighted by atomic mass is 32.1. The number of carbonyl (C=O) groups is 1. The number of ether oxygens (including phenoxy) is 2. The van der Waals surface area contributed by atoms with Gasteiger partial charge in [-0.2, -0.15) is 5.26 Å². The number of nitrogens with zero attached hydrogens (tertiary/aromatic N) is 2. The van der Waals surface area contributed by atoms with E-state index in [1.807, 2.05) is 18.2 Å². The number of carbonyl (C=O) groups excluding carboxylic acids is 1. The van der Waals surface area contributed by atoms with Gasteiger partial charge in [-0.3, -0.25) is 9.69 Å². The minimum Gasteiger partial charge on any atom is -0.497 e. The first-order chi connectivity index (χ1) is 14.6. The molecule has 2 aliphatic rings. The Hall–Kier alpha value is -2.56. The average molecular weight is 426 g/mol. The Morgan fingerprint density at radius 3 is 2.87 bits per heavy atom. The summed E-state index contributed by atoms with van der Waals surface area (Å²) in [5.74, 6) is 1.47. The lowest BCUT2D eigenvalue weighted by molar-refractivity contribution is -0.117. The molecular weight excluding hydrogens is 398 g/mol. The summed E-state index contributed by atoms with van der Waals surface area (Å²) in [6.07, 6.45) is 6.23. The third-order valence-corrected chi connectivity index (χ3v) is 7.25. The van der Waals surface area contributed by atoms with Gasteiger partial charge in [-0.25, -0.2) is 0 Å². The fourth-order valence-corrected chi connectivity index (χ4v) is 5.84. The van der Waals surface area contributed by atoms with E-state index in [2.05, 4.69) is 16.3 Å². The lowest BCUT2D eigenvalue weighted by atomic mass is 9.96. The van der Waals surface area contributed by atoms with Crippen LogP contribution in [0.15, 0.2) is 18.2 Å². The van der Waals surface area contributed by atoms with Gasteiger partial charge in [-0.05, 0) is 56.7 Å². The van der Waals surface area contributed by atoms with Gasteiger partial charge in [0.1, 0.15) is 22.6 Å². The van der Waals surface area contributed by atoms with Gasteiger partial charge in [-0.15, -0.1) is 11.3 Å². The van der Waals surface area contributed by atoms with Crippen LogP contribution in [0.2, 0.25) is 0 Å². The molecule has 1 saturated heterocycles. The van der Waals surface area contributed by atoms with E-state index in [4.69, 9.17) is 9.47 Å². The summed E-state index contributed by atoms with van der Waals surface area (Å²) in [6, 6.07) is 8.30. The largest absolute Gasteiger partial charge is 0.497 e. The lowest BCUT2D eigenvalue weighted by Crippen LogP contribution is -2.33. The number of amides is 1. The van der Waals surface area contributed by atoms with Crippen molar-refractivity contribution in [1.82, 2.24) is 4.90 Å². The Labute approximate surface area is 181 Å². The van der Waals surface area contributed by atoms with Gasteiger partial charge >= 0.3 is 0 Å². The Kier molecular flexibility index (Phi) is 6.26. The third-order valence-electron chi connectivity index (χ3n) is 6.05. The van der Waals surface area contributed by atoms with Gasteiger partial charge in [-0.1, -0.05) is 6.07 Å². The van der Waals surface area contributed by atoms with Gasteiger partial charge in [0.25, 0.3) is 0 Å². The molecule has 7 heteroatoms. The molecule has 1 amide bonds. The van der Waals surface area contributed by atoms with Crippen LogP contribution < -0.4 is 14.8 Å². The second-order valence-electron chi connectivity index (χ2n) is 7.81. The number of rotatable bonds is 6. The molecule has 2 heterocycles. The minimum atomic E-state index is -0.0653. The maximum atomic E-state index is 12.9. The Morgan fingerprint density at radius 1 is 1.27 bits per heavy atom. The van der Waals surface area contributed by atoms with Crippen molar-refractivity contribution in [2.24, 2.45) is 0 Å². The summed E-state index contributed by atoms with van der Waals surface area (Å²) in [5.41, 5.74) is 2.89. The van der Waals surface area contributed by atoms with E-state index in [-0.39, 0.29) is 11.9 Å². The number of anilines is 1. The van der Waals surface area contributed by atoms with Crippen molar-refractivity contribution in [2.75, 3.05) is 32.6 Å². The van der Waals surface area contributed by atoms with Crippen molar-refractivity contribution in [3.05, 3.63) is 39.8 Å². The first-order valence-corrected chi connectivity index (χ1v) is 11.3. The van der Waals surface area contributed by atoms with E-state index in [0.717, 1.165) is 67.7 Å². The van der Waals surface area contributed by atoms with E-state index in [1.54, 1.807) is 25.6 Å². The Morgan fingerprint density at radius 2 is 2.10 bits per heavy atom. The molecule has 30 heavy (non-hydrogen) atoms. The highest BCUT2D eigenvalue weighted by Crippen LogP contribution is 2.40. The zero-order chi connectivity index (χ0) is 21.1. The monoisotopic (exact) mass is 425 g/mol. The molecule has 158 valence electrons. The second-order valence-corrected chi connectivity index (χ2v) is 8.92. The molecule has 0 saturated carbocycles. The predicted molar refractivity (Wildman–Crippen MR) is 117 cm³/mol. The smallest absolute Gasteiger partial charge is 0.239 e. The van der Waals surface area contributed by atoms with Crippen LogP contribution in [0.1, 0.15) is 53.3 Å². The molecule has 0 unspecified atom stereocenters. The number of benzene rings is 1. The van der Waals surface area contributed by atoms with Crippen LogP contribution in [0.3, 0.4) is 0 Å². The van der Waals surface area contributed by atoms with Gasteiger partial charge in [0.2, 0.25) is 5.91 Å². The van der Waals surface area contributed by atoms with E-state index >= 15 is 0 Å². The molecule has 0 bridgehead atoms. The Balaban J connectivity index is 1.49. The van der Waals surface area contributed by atoms with E-state index < -0.39 is 0 Å². The molecule has 1 aliphatic carbocycles. The van der Waals surface area contributed by atoms with Crippen molar-refractivity contribution in [1.29, 1.82) is 5.26 Å². The minimum absolute atomic E-state index is 0.0653. The highest BCUT2D eigenvalue weighted by Gasteiger charge is 2.30. The van der Waals surface area contributed by atoms with Crippen molar-refractivity contribution < 1.29 is 14.3 Å². The highest BCUT2D eigenvalue weighted by molar-refractivity contribution is 7.16. The molecule has 6 nitrogen and oxygen atoms in total. The molecule has 1 N–H and O–H groups in total. The fraction of sp³-hybridized carbons (Fsp3) is 0.478. The number of hydrogen-bond donors (Lipinski definition) is 1. The molecule has 0 radical (unpaired) electrons. The van der Waals surface area contributed by atoms with E-state index in [9.17, 15) is 10.1 Å². The molecule has 1 aliphatic heterocycles. The first-order valence-electron chi connectivity index (χ1n) is 10.4. The summed E-state index contributed by atoms with van der Waals surface area (Å²) in [4.78, 5) is 16.3. The lowest BCUT2D eigenvalue weighted by Gasteiger charge is -2.25. The number of nitriles is 1. The topological polar surface area (TPSA) is 74.6 Å². The maximum Gasteiger partial charge on any atom is 0.239 e. The second kappa shape index (κ2) is 9.07. The predicted octanol–water partition coefficient (Wildman–Crippen LogP) is 4.29. The van der Waals surface area contributed by atoms with Gasteiger partial charge in [0.15, 0.2) is 0 Å². The molecule has 4 rings (SSSR count). The molecular formula is C23H27N3O3S. The molecule has 1 atom stereocenters. The number of nitrogens with one attached hydrogen (secondary N) is 1. The molecule has 0 spiro atoms. The summed E-state index contributed by atoms with van der Waals surface area (Å²) in [6.45, 7) is 1.16.